The van der Waals surface area contributed by atoms with Gasteiger partial charge in [0.25, 0.3) is 0 Å². The van der Waals surface area contributed by atoms with Gasteiger partial charge in [-0.15, -0.1) is 16.4 Å². The van der Waals surface area contributed by atoms with Crippen molar-refractivity contribution in [2.75, 3.05) is 5.32 Å². The monoisotopic (exact) mass is 302 g/mol. The fraction of sp³-hybridized carbons (Fsp3) is 0.143. The normalized spacial score (nSPS) is 10.7. The van der Waals surface area contributed by atoms with Gasteiger partial charge in [-0.25, -0.2) is 5.10 Å². The van der Waals surface area contributed by atoms with Crippen molar-refractivity contribution >= 4 is 34.7 Å². The Morgan fingerprint density at radius 2 is 2.10 bits per heavy atom. The number of nitrogens with one attached hydrogen (secondary N) is 2. The number of thiophene rings is 1. The number of hydrogen-bond donors (Lipinski definition) is 2. The number of hydrogen-bond acceptors (Lipinski definition) is 5. The van der Waals surface area contributed by atoms with E-state index in [-0.39, 0.29) is 0 Å². The first-order valence-corrected chi connectivity index (χ1v) is 8.07. The summed E-state index contributed by atoms with van der Waals surface area (Å²) in [6, 6.07) is 12.3. The Morgan fingerprint density at radius 3 is 2.85 bits per heavy atom. The lowest BCUT2D eigenvalue weighted by molar-refractivity contribution is 0.973. The van der Waals surface area contributed by atoms with Crippen molar-refractivity contribution in [3.63, 3.8) is 0 Å². The molecule has 0 aliphatic carbocycles. The summed E-state index contributed by atoms with van der Waals surface area (Å²) in [5.41, 5.74) is 2.24. The molecule has 3 rings (SSSR count). The molecular formula is C14H14N4S2. The summed E-state index contributed by atoms with van der Waals surface area (Å²) in [4.78, 5) is 5.74. The Hall–Kier alpha value is -1.79. The van der Waals surface area contributed by atoms with E-state index in [0.717, 1.165) is 16.6 Å². The maximum atomic E-state index is 4.42. The molecule has 0 unspecified atom stereocenters. The molecule has 0 spiro atoms. The molecule has 0 saturated heterocycles. The molecule has 0 radical (unpaired) electrons. The first kappa shape index (κ1) is 13.2. The second-order valence-electron chi connectivity index (χ2n) is 4.33. The van der Waals surface area contributed by atoms with Crippen molar-refractivity contribution in [2.45, 2.75) is 17.8 Å². The summed E-state index contributed by atoms with van der Waals surface area (Å²) in [7, 11) is 0. The van der Waals surface area contributed by atoms with Crippen LogP contribution < -0.4 is 5.32 Å². The van der Waals surface area contributed by atoms with Gasteiger partial charge in [0.2, 0.25) is 11.1 Å². The lowest BCUT2D eigenvalue weighted by Gasteiger charge is -2.01. The van der Waals surface area contributed by atoms with Gasteiger partial charge in [-0.3, -0.25) is 0 Å². The molecule has 2 N–H and O–H groups in total. The van der Waals surface area contributed by atoms with Gasteiger partial charge < -0.3 is 5.32 Å². The SMILES string of the molecule is Cc1ccc(Nc2nc(SCc3cccs3)n[nH]2)cc1. The largest absolute Gasteiger partial charge is 0.325 e. The van der Waals surface area contributed by atoms with E-state index in [9.17, 15) is 0 Å². The molecule has 0 bridgehead atoms. The summed E-state index contributed by atoms with van der Waals surface area (Å²) in [6.07, 6.45) is 0. The summed E-state index contributed by atoms with van der Waals surface area (Å²) >= 11 is 3.38. The lowest BCUT2D eigenvalue weighted by Crippen LogP contribution is -1.92. The number of rotatable bonds is 5. The van der Waals surface area contributed by atoms with Gasteiger partial charge in [0.05, 0.1) is 0 Å². The Balaban J connectivity index is 1.60. The number of aromatic amines is 1. The molecule has 6 heteroatoms. The molecule has 0 amide bonds. The van der Waals surface area contributed by atoms with Gasteiger partial charge in [0.15, 0.2) is 0 Å². The van der Waals surface area contributed by atoms with E-state index in [1.165, 1.54) is 10.4 Å². The summed E-state index contributed by atoms with van der Waals surface area (Å²) < 4.78 is 0. The molecule has 20 heavy (non-hydrogen) atoms. The van der Waals surface area contributed by atoms with Crippen LogP contribution in [0.25, 0.3) is 0 Å². The molecule has 0 aliphatic rings. The molecule has 0 atom stereocenters. The number of nitrogens with zero attached hydrogens (tertiary/aromatic N) is 2. The Morgan fingerprint density at radius 1 is 1.25 bits per heavy atom. The second kappa shape index (κ2) is 6.11. The lowest BCUT2D eigenvalue weighted by atomic mass is 10.2. The van der Waals surface area contributed by atoms with E-state index in [4.69, 9.17) is 0 Å². The van der Waals surface area contributed by atoms with Crippen molar-refractivity contribution in [1.82, 2.24) is 15.2 Å². The third kappa shape index (κ3) is 3.40. The average molecular weight is 302 g/mol. The molecule has 4 nitrogen and oxygen atoms in total. The van der Waals surface area contributed by atoms with E-state index >= 15 is 0 Å². The van der Waals surface area contributed by atoms with Gasteiger partial charge in [0.1, 0.15) is 0 Å². The summed E-state index contributed by atoms with van der Waals surface area (Å²) in [5.74, 6) is 1.57. The van der Waals surface area contributed by atoms with Crippen molar-refractivity contribution in [3.8, 4) is 0 Å². The zero-order chi connectivity index (χ0) is 13.8. The van der Waals surface area contributed by atoms with Crippen molar-refractivity contribution < 1.29 is 0 Å². The molecule has 2 heterocycles. The van der Waals surface area contributed by atoms with Gasteiger partial charge in [-0.2, -0.15) is 4.98 Å². The summed E-state index contributed by atoms with van der Waals surface area (Å²) in [5, 5.41) is 13.2. The zero-order valence-electron chi connectivity index (χ0n) is 11.0. The smallest absolute Gasteiger partial charge is 0.223 e. The number of thioether (sulfide) groups is 1. The van der Waals surface area contributed by atoms with Crippen LogP contribution >= 0.6 is 23.1 Å². The third-order valence-corrected chi connectivity index (χ3v) is 4.66. The van der Waals surface area contributed by atoms with Crippen LogP contribution in [0.4, 0.5) is 11.6 Å². The highest BCUT2D eigenvalue weighted by atomic mass is 32.2. The fourth-order valence-electron chi connectivity index (χ4n) is 1.67. The zero-order valence-corrected chi connectivity index (χ0v) is 12.6. The predicted molar refractivity (Wildman–Crippen MR) is 84.7 cm³/mol. The van der Waals surface area contributed by atoms with Crippen molar-refractivity contribution in [2.24, 2.45) is 0 Å². The van der Waals surface area contributed by atoms with Gasteiger partial charge in [0, 0.05) is 16.3 Å². The van der Waals surface area contributed by atoms with Crippen LogP contribution in [0.15, 0.2) is 46.9 Å². The van der Waals surface area contributed by atoms with Crippen LogP contribution in [0.2, 0.25) is 0 Å². The molecule has 1 aromatic carbocycles. The maximum absolute atomic E-state index is 4.42. The standard InChI is InChI=1S/C14H14N4S2/c1-10-4-6-11(7-5-10)15-13-16-14(18-17-13)20-9-12-3-2-8-19-12/h2-8H,9H2,1H3,(H2,15,16,17,18). The first-order chi connectivity index (χ1) is 9.79. The van der Waals surface area contributed by atoms with Crippen molar-refractivity contribution in [1.29, 1.82) is 0 Å². The Kier molecular flexibility index (Phi) is 4.03. The molecule has 3 aromatic rings. The maximum Gasteiger partial charge on any atom is 0.223 e. The van der Waals surface area contributed by atoms with Gasteiger partial charge in [-0.05, 0) is 30.5 Å². The van der Waals surface area contributed by atoms with Crippen LogP contribution in [0.1, 0.15) is 10.4 Å². The highest BCUT2D eigenvalue weighted by Crippen LogP contribution is 2.23. The minimum absolute atomic E-state index is 0.669. The topological polar surface area (TPSA) is 53.6 Å². The number of aryl methyl sites for hydroxylation is 1. The van der Waals surface area contributed by atoms with Crippen LogP contribution in [-0.4, -0.2) is 15.2 Å². The van der Waals surface area contributed by atoms with E-state index < -0.39 is 0 Å². The summed E-state index contributed by atoms with van der Waals surface area (Å²) in [6.45, 7) is 2.07. The number of H-pyrrole nitrogens is 1. The molecular weight excluding hydrogens is 288 g/mol. The quantitative estimate of drug-likeness (QED) is 0.693. The number of benzene rings is 1. The fourth-order valence-corrected chi connectivity index (χ4v) is 3.24. The Bertz CT molecular complexity index is 659. The van der Waals surface area contributed by atoms with Crippen LogP contribution in [-0.2, 0) is 5.75 Å². The predicted octanol–water partition coefficient (Wildman–Crippen LogP) is 4.21. The molecule has 0 saturated carbocycles. The molecule has 102 valence electrons. The van der Waals surface area contributed by atoms with Crippen LogP contribution in [0.5, 0.6) is 0 Å². The molecule has 0 aliphatic heterocycles. The van der Waals surface area contributed by atoms with Gasteiger partial charge >= 0.3 is 0 Å². The third-order valence-electron chi connectivity index (χ3n) is 2.70. The molecule has 0 fully saturated rings. The number of anilines is 2. The van der Waals surface area contributed by atoms with Crippen LogP contribution in [0, 0.1) is 6.92 Å². The Labute approximate surface area is 125 Å². The highest BCUT2D eigenvalue weighted by molar-refractivity contribution is 7.98. The minimum atomic E-state index is 0.669. The number of aromatic nitrogens is 3. The molecule has 2 aromatic heterocycles. The van der Waals surface area contributed by atoms with E-state index in [1.54, 1.807) is 23.1 Å². The minimum Gasteiger partial charge on any atom is -0.325 e. The average Bonchev–Trinajstić information content (AvgIpc) is 3.10. The highest BCUT2D eigenvalue weighted by Gasteiger charge is 2.05. The van der Waals surface area contributed by atoms with Gasteiger partial charge in [-0.1, -0.05) is 35.5 Å². The first-order valence-electron chi connectivity index (χ1n) is 6.21. The van der Waals surface area contributed by atoms with E-state index in [2.05, 4.69) is 57.1 Å². The van der Waals surface area contributed by atoms with Crippen LogP contribution in [0.3, 0.4) is 0 Å². The second-order valence-corrected chi connectivity index (χ2v) is 6.30. The van der Waals surface area contributed by atoms with E-state index in [0.29, 0.717) is 5.95 Å². The van der Waals surface area contributed by atoms with Crippen molar-refractivity contribution in [3.05, 3.63) is 52.2 Å². The van der Waals surface area contributed by atoms with E-state index in [1.807, 2.05) is 12.1 Å².